The van der Waals surface area contributed by atoms with Gasteiger partial charge in [-0.1, -0.05) is 18.5 Å². The van der Waals surface area contributed by atoms with Gasteiger partial charge in [-0.3, -0.25) is 9.59 Å². The molecule has 0 spiro atoms. The highest BCUT2D eigenvalue weighted by Crippen LogP contribution is 2.22. The van der Waals surface area contributed by atoms with E-state index in [0.717, 1.165) is 12.8 Å². The van der Waals surface area contributed by atoms with Crippen LogP contribution in [-0.4, -0.2) is 40.9 Å². The molecule has 0 saturated carbocycles. The molecule has 0 aromatic heterocycles. The third-order valence-corrected chi connectivity index (χ3v) is 4.88. The molecule has 2 rings (SSSR count). The Morgan fingerprint density at radius 2 is 1.78 bits per heavy atom. The number of benzene rings is 1. The van der Waals surface area contributed by atoms with Crippen molar-refractivity contribution >= 4 is 23.3 Å². The van der Waals surface area contributed by atoms with Gasteiger partial charge in [-0.15, -0.1) is 0 Å². The summed E-state index contributed by atoms with van der Waals surface area (Å²) in [5, 5.41) is 10.2. The summed E-state index contributed by atoms with van der Waals surface area (Å²) < 4.78 is 0. The van der Waals surface area contributed by atoms with E-state index >= 15 is 0 Å². The number of amides is 1. The van der Waals surface area contributed by atoms with Gasteiger partial charge in [0, 0.05) is 36.0 Å². The zero-order valence-corrected chi connectivity index (χ0v) is 14.4. The van der Waals surface area contributed by atoms with Crippen LogP contribution in [0, 0.1) is 11.8 Å². The molecule has 23 heavy (non-hydrogen) atoms. The maximum Gasteiger partial charge on any atom is 0.223 e. The number of hydrogen-bond acceptors (Lipinski definition) is 3. The SMILES string of the molecule is CC(CC(=O)N1CCC(C(C)O)CC1)C(=O)c1ccc(Cl)cc1. The van der Waals surface area contributed by atoms with E-state index in [4.69, 9.17) is 11.6 Å². The fraction of sp³-hybridized carbons (Fsp3) is 0.556. The second-order valence-electron chi connectivity index (χ2n) is 6.44. The van der Waals surface area contributed by atoms with E-state index in [1.807, 2.05) is 4.90 Å². The van der Waals surface area contributed by atoms with E-state index < -0.39 is 0 Å². The van der Waals surface area contributed by atoms with Crippen molar-refractivity contribution in [3.63, 3.8) is 0 Å². The number of hydrogen-bond donors (Lipinski definition) is 1. The number of ketones is 1. The number of aliphatic hydroxyl groups is 1. The van der Waals surface area contributed by atoms with Crippen molar-refractivity contribution in [2.45, 2.75) is 39.2 Å². The summed E-state index contributed by atoms with van der Waals surface area (Å²) >= 11 is 5.83. The molecule has 2 unspecified atom stereocenters. The smallest absolute Gasteiger partial charge is 0.223 e. The normalized spacial score (nSPS) is 18.5. The first-order valence-corrected chi connectivity index (χ1v) is 8.52. The van der Waals surface area contributed by atoms with E-state index in [-0.39, 0.29) is 36.1 Å². The van der Waals surface area contributed by atoms with Crippen LogP contribution in [0.1, 0.15) is 43.5 Å². The molecular formula is C18H24ClNO3. The predicted molar refractivity (Wildman–Crippen MR) is 90.5 cm³/mol. The number of carbonyl (C=O) groups excluding carboxylic acids is 2. The number of aliphatic hydroxyl groups excluding tert-OH is 1. The second-order valence-corrected chi connectivity index (χ2v) is 6.87. The second kappa shape index (κ2) is 7.93. The van der Waals surface area contributed by atoms with Gasteiger partial charge in [0.05, 0.1) is 6.10 Å². The Bertz CT molecular complexity index is 548. The zero-order chi connectivity index (χ0) is 17.0. The first-order valence-electron chi connectivity index (χ1n) is 8.14. The minimum Gasteiger partial charge on any atom is -0.393 e. The molecule has 0 radical (unpaired) electrons. The van der Waals surface area contributed by atoms with Crippen LogP contribution in [0.2, 0.25) is 5.02 Å². The van der Waals surface area contributed by atoms with Gasteiger partial charge in [-0.2, -0.15) is 0 Å². The van der Waals surface area contributed by atoms with Crippen molar-refractivity contribution in [3.8, 4) is 0 Å². The lowest BCUT2D eigenvalue weighted by Gasteiger charge is -2.33. The van der Waals surface area contributed by atoms with E-state index in [1.165, 1.54) is 0 Å². The number of piperidine rings is 1. The molecule has 2 atom stereocenters. The molecule has 1 fully saturated rings. The highest BCUT2D eigenvalue weighted by atomic mass is 35.5. The van der Waals surface area contributed by atoms with Gasteiger partial charge in [0.25, 0.3) is 0 Å². The maximum absolute atomic E-state index is 12.4. The molecule has 1 N–H and O–H groups in total. The Labute approximate surface area is 142 Å². The average molecular weight is 338 g/mol. The predicted octanol–water partition coefficient (Wildman–Crippen LogP) is 3.17. The van der Waals surface area contributed by atoms with Crippen LogP contribution < -0.4 is 0 Å². The quantitative estimate of drug-likeness (QED) is 0.840. The van der Waals surface area contributed by atoms with Crippen LogP contribution in [-0.2, 0) is 4.79 Å². The van der Waals surface area contributed by atoms with Crippen LogP contribution in [0.25, 0.3) is 0 Å². The highest BCUT2D eigenvalue weighted by molar-refractivity contribution is 6.30. The molecule has 1 heterocycles. The van der Waals surface area contributed by atoms with Crippen molar-refractivity contribution in [1.29, 1.82) is 0 Å². The molecule has 1 aliphatic heterocycles. The van der Waals surface area contributed by atoms with E-state index in [1.54, 1.807) is 38.1 Å². The molecule has 1 amide bonds. The minimum atomic E-state index is -0.349. The molecule has 0 bridgehead atoms. The van der Waals surface area contributed by atoms with Gasteiger partial charge in [0.15, 0.2) is 5.78 Å². The van der Waals surface area contributed by atoms with Crippen LogP contribution in [0.5, 0.6) is 0 Å². The number of nitrogens with zero attached hydrogens (tertiary/aromatic N) is 1. The summed E-state index contributed by atoms with van der Waals surface area (Å²) in [5.74, 6) is -0.0944. The average Bonchev–Trinajstić information content (AvgIpc) is 2.54. The van der Waals surface area contributed by atoms with Crippen molar-refractivity contribution in [1.82, 2.24) is 4.90 Å². The van der Waals surface area contributed by atoms with Gasteiger partial charge in [0.1, 0.15) is 0 Å². The molecule has 1 aliphatic rings. The number of carbonyl (C=O) groups is 2. The summed E-state index contributed by atoms with van der Waals surface area (Å²) in [5.41, 5.74) is 0.586. The van der Waals surface area contributed by atoms with Gasteiger partial charge >= 0.3 is 0 Å². The third kappa shape index (κ3) is 4.79. The monoisotopic (exact) mass is 337 g/mol. The lowest BCUT2D eigenvalue weighted by molar-refractivity contribution is -0.133. The first kappa shape index (κ1) is 18.0. The molecule has 5 heteroatoms. The fourth-order valence-corrected chi connectivity index (χ4v) is 3.14. The number of Topliss-reactive ketones (excluding diaryl/α,β-unsaturated/α-hetero) is 1. The fourth-order valence-electron chi connectivity index (χ4n) is 3.01. The van der Waals surface area contributed by atoms with Crippen LogP contribution >= 0.6 is 11.6 Å². The zero-order valence-electron chi connectivity index (χ0n) is 13.7. The molecule has 126 valence electrons. The van der Waals surface area contributed by atoms with Crippen molar-refractivity contribution in [3.05, 3.63) is 34.9 Å². The van der Waals surface area contributed by atoms with Crippen molar-refractivity contribution < 1.29 is 14.7 Å². The van der Waals surface area contributed by atoms with E-state index in [9.17, 15) is 14.7 Å². The Morgan fingerprint density at radius 1 is 1.22 bits per heavy atom. The van der Waals surface area contributed by atoms with Gasteiger partial charge < -0.3 is 10.0 Å². The largest absolute Gasteiger partial charge is 0.393 e. The molecule has 1 aromatic carbocycles. The van der Waals surface area contributed by atoms with Crippen molar-refractivity contribution in [2.24, 2.45) is 11.8 Å². The Kier molecular flexibility index (Phi) is 6.19. The number of likely N-dealkylation sites (tertiary alicyclic amines) is 1. The Hall–Kier alpha value is -1.39. The minimum absolute atomic E-state index is 0.0175. The molecule has 4 nitrogen and oxygen atoms in total. The van der Waals surface area contributed by atoms with E-state index in [0.29, 0.717) is 23.7 Å². The standard InChI is InChI=1S/C18H24ClNO3/c1-12(18(23)15-3-5-16(19)6-4-15)11-17(22)20-9-7-14(8-10-20)13(2)21/h3-6,12-14,21H,7-11H2,1-2H3. The lowest BCUT2D eigenvalue weighted by atomic mass is 9.91. The van der Waals surface area contributed by atoms with Crippen molar-refractivity contribution in [2.75, 3.05) is 13.1 Å². The Morgan fingerprint density at radius 3 is 2.30 bits per heavy atom. The highest BCUT2D eigenvalue weighted by Gasteiger charge is 2.27. The van der Waals surface area contributed by atoms with E-state index in [2.05, 4.69) is 0 Å². The third-order valence-electron chi connectivity index (χ3n) is 4.63. The van der Waals surface area contributed by atoms with Crippen LogP contribution in [0.4, 0.5) is 0 Å². The Balaban J connectivity index is 1.87. The molecular weight excluding hydrogens is 314 g/mol. The number of rotatable bonds is 5. The lowest BCUT2D eigenvalue weighted by Crippen LogP contribution is -2.41. The first-order chi connectivity index (χ1) is 10.9. The summed E-state index contributed by atoms with van der Waals surface area (Å²) in [6.07, 6.45) is 1.55. The molecule has 0 aliphatic carbocycles. The van der Waals surface area contributed by atoms with Gasteiger partial charge in [0.2, 0.25) is 5.91 Å². The summed E-state index contributed by atoms with van der Waals surface area (Å²) in [4.78, 5) is 26.5. The summed E-state index contributed by atoms with van der Waals surface area (Å²) in [6, 6.07) is 6.76. The van der Waals surface area contributed by atoms with Crippen LogP contribution in [0.15, 0.2) is 24.3 Å². The molecule has 1 saturated heterocycles. The van der Waals surface area contributed by atoms with Gasteiger partial charge in [-0.25, -0.2) is 0 Å². The van der Waals surface area contributed by atoms with Crippen LogP contribution in [0.3, 0.4) is 0 Å². The van der Waals surface area contributed by atoms with Gasteiger partial charge in [-0.05, 0) is 49.9 Å². The number of halogens is 1. The molecule has 1 aromatic rings. The maximum atomic E-state index is 12.4. The topological polar surface area (TPSA) is 57.6 Å². The summed E-state index contributed by atoms with van der Waals surface area (Å²) in [6.45, 7) is 4.92. The summed E-state index contributed by atoms with van der Waals surface area (Å²) in [7, 11) is 0.